The molecule has 1 saturated carbocycles. The standard InChI is InChI=1S/C12H23NO2/c1-3-6-10-7-4-5-8-11(10)13-12(14)9-15-2/h10-11H,3-9H2,1-2H3,(H,13,14)/t10-,11+/m0/s1. The molecule has 88 valence electrons. The lowest BCUT2D eigenvalue weighted by Crippen LogP contribution is -2.43. The van der Waals surface area contributed by atoms with Crippen LogP contribution in [0.1, 0.15) is 45.4 Å². The molecule has 15 heavy (non-hydrogen) atoms. The van der Waals surface area contributed by atoms with Gasteiger partial charge in [-0.3, -0.25) is 4.79 Å². The SMILES string of the molecule is CCC[C@H]1CCCC[C@H]1NC(=O)COC. The molecule has 3 heteroatoms. The van der Waals surface area contributed by atoms with Gasteiger partial charge < -0.3 is 10.1 Å². The molecule has 1 aliphatic rings. The molecule has 0 aliphatic heterocycles. The Balaban J connectivity index is 2.38. The predicted octanol–water partition coefficient (Wildman–Crippen LogP) is 2.11. The number of carbonyl (C=O) groups excluding carboxylic acids is 1. The Morgan fingerprint density at radius 3 is 2.80 bits per heavy atom. The van der Waals surface area contributed by atoms with Crippen LogP contribution in [0.15, 0.2) is 0 Å². The molecular formula is C12H23NO2. The van der Waals surface area contributed by atoms with E-state index in [1.165, 1.54) is 32.1 Å². The molecule has 2 atom stereocenters. The van der Waals surface area contributed by atoms with Crippen LogP contribution < -0.4 is 5.32 Å². The first-order chi connectivity index (χ1) is 7.27. The third-order valence-corrected chi connectivity index (χ3v) is 3.19. The Kier molecular flexibility index (Phi) is 5.69. The van der Waals surface area contributed by atoms with Crippen molar-refractivity contribution in [3.63, 3.8) is 0 Å². The van der Waals surface area contributed by atoms with Crippen molar-refractivity contribution in [2.24, 2.45) is 5.92 Å². The second kappa shape index (κ2) is 6.83. The number of carbonyl (C=O) groups is 1. The first-order valence-corrected chi connectivity index (χ1v) is 6.06. The highest BCUT2D eigenvalue weighted by atomic mass is 16.5. The highest BCUT2D eigenvalue weighted by molar-refractivity contribution is 5.77. The summed E-state index contributed by atoms with van der Waals surface area (Å²) in [4.78, 5) is 11.4. The Morgan fingerprint density at radius 1 is 1.40 bits per heavy atom. The van der Waals surface area contributed by atoms with E-state index in [0.717, 1.165) is 6.42 Å². The predicted molar refractivity (Wildman–Crippen MR) is 60.7 cm³/mol. The summed E-state index contributed by atoms with van der Waals surface area (Å²) in [5.41, 5.74) is 0. The first-order valence-electron chi connectivity index (χ1n) is 6.06. The summed E-state index contributed by atoms with van der Waals surface area (Å²) in [7, 11) is 1.56. The third-order valence-electron chi connectivity index (χ3n) is 3.19. The van der Waals surface area contributed by atoms with Crippen LogP contribution in [0.4, 0.5) is 0 Å². The highest BCUT2D eigenvalue weighted by Gasteiger charge is 2.25. The molecule has 0 aromatic heterocycles. The average molecular weight is 213 g/mol. The molecule has 1 N–H and O–H groups in total. The molecule has 3 nitrogen and oxygen atoms in total. The van der Waals surface area contributed by atoms with Gasteiger partial charge in [0.15, 0.2) is 0 Å². The minimum Gasteiger partial charge on any atom is -0.375 e. The summed E-state index contributed by atoms with van der Waals surface area (Å²) in [6, 6.07) is 0.390. The second-order valence-corrected chi connectivity index (χ2v) is 4.44. The normalized spacial score (nSPS) is 26.3. The summed E-state index contributed by atoms with van der Waals surface area (Å²) < 4.78 is 4.83. The topological polar surface area (TPSA) is 38.3 Å². The van der Waals surface area contributed by atoms with Crippen molar-refractivity contribution in [1.82, 2.24) is 5.32 Å². The van der Waals surface area contributed by atoms with E-state index in [1.54, 1.807) is 7.11 Å². The van der Waals surface area contributed by atoms with E-state index in [1.807, 2.05) is 0 Å². The van der Waals surface area contributed by atoms with Crippen molar-refractivity contribution in [2.45, 2.75) is 51.5 Å². The van der Waals surface area contributed by atoms with Crippen LogP contribution in [0.5, 0.6) is 0 Å². The van der Waals surface area contributed by atoms with Crippen molar-refractivity contribution in [1.29, 1.82) is 0 Å². The molecule has 0 saturated heterocycles. The zero-order chi connectivity index (χ0) is 11.1. The van der Waals surface area contributed by atoms with Crippen molar-refractivity contribution in [2.75, 3.05) is 13.7 Å². The molecule has 1 amide bonds. The van der Waals surface area contributed by atoms with Gasteiger partial charge in [0, 0.05) is 13.2 Å². The van der Waals surface area contributed by atoms with Crippen molar-refractivity contribution in [3.8, 4) is 0 Å². The second-order valence-electron chi connectivity index (χ2n) is 4.44. The number of hydrogen-bond acceptors (Lipinski definition) is 2. The van der Waals surface area contributed by atoms with Crippen molar-refractivity contribution in [3.05, 3.63) is 0 Å². The van der Waals surface area contributed by atoms with E-state index < -0.39 is 0 Å². The van der Waals surface area contributed by atoms with Crippen LogP contribution in [0.25, 0.3) is 0 Å². The smallest absolute Gasteiger partial charge is 0.246 e. The quantitative estimate of drug-likeness (QED) is 0.759. The van der Waals surface area contributed by atoms with Gasteiger partial charge in [-0.25, -0.2) is 0 Å². The van der Waals surface area contributed by atoms with Gasteiger partial charge >= 0.3 is 0 Å². The third kappa shape index (κ3) is 4.20. The number of hydrogen-bond donors (Lipinski definition) is 1. The monoisotopic (exact) mass is 213 g/mol. The fourth-order valence-corrected chi connectivity index (χ4v) is 2.49. The number of methoxy groups -OCH3 is 1. The maximum atomic E-state index is 11.4. The van der Waals surface area contributed by atoms with Gasteiger partial charge in [-0.2, -0.15) is 0 Å². The van der Waals surface area contributed by atoms with E-state index in [4.69, 9.17) is 4.74 Å². The number of ether oxygens (including phenoxy) is 1. The fraction of sp³-hybridized carbons (Fsp3) is 0.917. The summed E-state index contributed by atoms with van der Waals surface area (Å²) >= 11 is 0. The summed E-state index contributed by atoms with van der Waals surface area (Å²) in [5, 5.41) is 3.09. The molecule has 1 rings (SSSR count). The van der Waals surface area contributed by atoms with E-state index in [2.05, 4.69) is 12.2 Å². The van der Waals surface area contributed by atoms with E-state index in [0.29, 0.717) is 12.0 Å². The Hall–Kier alpha value is -0.570. The summed E-state index contributed by atoms with van der Waals surface area (Å²) in [6.45, 7) is 2.40. The summed E-state index contributed by atoms with van der Waals surface area (Å²) in [5.74, 6) is 0.718. The largest absolute Gasteiger partial charge is 0.375 e. The average Bonchev–Trinajstić information content (AvgIpc) is 2.21. The lowest BCUT2D eigenvalue weighted by molar-refractivity contribution is -0.126. The first kappa shape index (κ1) is 12.5. The number of amides is 1. The zero-order valence-electron chi connectivity index (χ0n) is 9.92. The maximum absolute atomic E-state index is 11.4. The van der Waals surface area contributed by atoms with Crippen molar-refractivity contribution >= 4 is 5.91 Å². The lowest BCUT2D eigenvalue weighted by atomic mass is 9.82. The zero-order valence-corrected chi connectivity index (χ0v) is 9.92. The van der Waals surface area contributed by atoms with Gasteiger partial charge in [0.2, 0.25) is 5.91 Å². The van der Waals surface area contributed by atoms with Crippen molar-refractivity contribution < 1.29 is 9.53 Å². The minimum atomic E-state index is 0.0329. The van der Waals surface area contributed by atoms with Crippen LogP contribution in [-0.2, 0) is 9.53 Å². The van der Waals surface area contributed by atoms with Gasteiger partial charge in [-0.15, -0.1) is 0 Å². The number of nitrogens with one attached hydrogen (secondary N) is 1. The Labute approximate surface area is 92.6 Å². The van der Waals surface area contributed by atoms with Gasteiger partial charge in [0.1, 0.15) is 6.61 Å². The minimum absolute atomic E-state index is 0.0329. The van der Waals surface area contributed by atoms with E-state index >= 15 is 0 Å². The maximum Gasteiger partial charge on any atom is 0.246 e. The van der Waals surface area contributed by atoms with Crippen LogP contribution >= 0.6 is 0 Å². The molecule has 1 aliphatic carbocycles. The molecule has 0 aromatic rings. The molecule has 0 heterocycles. The fourth-order valence-electron chi connectivity index (χ4n) is 2.49. The van der Waals surface area contributed by atoms with E-state index in [9.17, 15) is 4.79 Å². The molecule has 0 bridgehead atoms. The van der Waals surface area contributed by atoms with Gasteiger partial charge in [-0.1, -0.05) is 26.2 Å². The van der Waals surface area contributed by atoms with E-state index in [-0.39, 0.29) is 12.5 Å². The highest BCUT2D eigenvalue weighted by Crippen LogP contribution is 2.27. The number of rotatable bonds is 5. The molecule has 0 radical (unpaired) electrons. The Bertz CT molecular complexity index is 192. The Morgan fingerprint density at radius 2 is 2.13 bits per heavy atom. The molecule has 0 unspecified atom stereocenters. The molecule has 1 fully saturated rings. The van der Waals surface area contributed by atoms with Gasteiger partial charge in [-0.05, 0) is 25.2 Å². The van der Waals surface area contributed by atoms with Gasteiger partial charge in [0.25, 0.3) is 0 Å². The molecule has 0 spiro atoms. The lowest BCUT2D eigenvalue weighted by Gasteiger charge is -2.32. The van der Waals surface area contributed by atoms with Crippen LogP contribution in [0, 0.1) is 5.92 Å². The summed E-state index contributed by atoms with van der Waals surface area (Å²) in [6.07, 6.45) is 7.42. The van der Waals surface area contributed by atoms with Crippen LogP contribution in [0.2, 0.25) is 0 Å². The van der Waals surface area contributed by atoms with Crippen LogP contribution in [0.3, 0.4) is 0 Å². The molecular weight excluding hydrogens is 190 g/mol. The molecule has 0 aromatic carbocycles. The van der Waals surface area contributed by atoms with Gasteiger partial charge in [0.05, 0.1) is 0 Å². The van der Waals surface area contributed by atoms with Crippen LogP contribution in [-0.4, -0.2) is 25.7 Å².